The lowest BCUT2D eigenvalue weighted by molar-refractivity contribution is -0.120. The summed E-state index contributed by atoms with van der Waals surface area (Å²) < 4.78 is 14.6. The smallest absolute Gasteiger partial charge is 0.248 e. The van der Waals surface area contributed by atoms with Gasteiger partial charge in [0, 0.05) is 28.1 Å². The van der Waals surface area contributed by atoms with Gasteiger partial charge in [0.1, 0.15) is 5.82 Å². The van der Waals surface area contributed by atoms with E-state index in [0.717, 1.165) is 34.7 Å². The molecular weight excluding hydrogens is 439 g/mol. The van der Waals surface area contributed by atoms with Crippen LogP contribution in [-0.2, 0) is 16.8 Å². The number of hydrogen-bond donors (Lipinski definition) is 3. The van der Waals surface area contributed by atoms with Gasteiger partial charge in [-0.2, -0.15) is 0 Å². The van der Waals surface area contributed by atoms with E-state index in [1.165, 1.54) is 36.3 Å². The van der Waals surface area contributed by atoms with E-state index in [0.29, 0.717) is 11.7 Å². The normalized spacial score (nSPS) is 13.7. The number of benzene rings is 2. The highest BCUT2D eigenvalue weighted by atomic mass is 32.1. The molecule has 1 saturated carbocycles. The van der Waals surface area contributed by atoms with E-state index in [9.17, 15) is 14.0 Å². The van der Waals surface area contributed by atoms with E-state index >= 15 is 0 Å². The van der Waals surface area contributed by atoms with Crippen LogP contribution >= 0.6 is 11.3 Å². The lowest BCUT2D eigenvalue weighted by atomic mass is 9.82. The first-order chi connectivity index (χ1) is 15.8. The Morgan fingerprint density at radius 2 is 1.91 bits per heavy atom. The first-order valence-corrected chi connectivity index (χ1v) is 11.7. The molecule has 0 atom stereocenters. The fourth-order valence-electron chi connectivity index (χ4n) is 3.59. The third-order valence-corrected chi connectivity index (χ3v) is 6.84. The van der Waals surface area contributed by atoms with Gasteiger partial charge in [0.15, 0.2) is 5.13 Å². The van der Waals surface area contributed by atoms with Crippen molar-refractivity contribution in [1.82, 2.24) is 10.3 Å². The average Bonchev–Trinajstić information content (AvgIpc) is 3.53. The van der Waals surface area contributed by atoms with Crippen LogP contribution in [0.4, 0.5) is 9.52 Å². The summed E-state index contributed by atoms with van der Waals surface area (Å²) in [5.74, 6) is -0.921. The number of amides is 2. The van der Waals surface area contributed by atoms with Gasteiger partial charge in [-0.25, -0.2) is 9.37 Å². The maximum absolute atomic E-state index is 14.6. The minimum absolute atomic E-state index is 0.0995. The van der Waals surface area contributed by atoms with Crippen molar-refractivity contribution in [3.05, 3.63) is 70.4 Å². The molecule has 1 fully saturated rings. The quantitative estimate of drug-likeness (QED) is 0.434. The van der Waals surface area contributed by atoms with E-state index in [1.807, 2.05) is 30.3 Å². The zero-order valence-electron chi connectivity index (χ0n) is 18.7. The second-order valence-corrected chi connectivity index (χ2v) is 9.95. The lowest BCUT2D eigenvalue weighted by Gasteiger charge is -2.24. The van der Waals surface area contributed by atoms with Crippen LogP contribution in [0.2, 0.25) is 0 Å². The summed E-state index contributed by atoms with van der Waals surface area (Å²) in [5.41, 5.74) is 6.12. The van der Waals surface area contributed by atoms with Gasteiger partial charge in [-0.3, -0.25) is 9.59 Å². The molecule has 6 nitrogen and oxygen atoms in total. The van der Waals surface area contributed by atoms with E-state index < -0.39 is 23.0 Å². The third-order valence-electron chi connectivity index (χ3n) is 5.87. The molecule has 1 heterocycles. The number of nitrogens with one attached hydrogen (secondary N) is 2. The Bertz CT molecular complexity index is 1170. The van der Waals surface area contributed by atoms with E-state index in [1.54, 1.807) is 13.8 Å². The summed E-state index contributed by atoms with van der Waals surface area (Å²) in [6.45, 7) is 4.84. The molecule has 0 unspecified atom stereocenters. The average molecular weight is 467 g/mol. The first kappa shape index (κ1) is 23.1. The molecule has 0 saturated heterocycles. The molecule has 2 aromatic carbocycles. The number of halogens is 1. The number of hydrogen-bond acceptors (Lipinski definition) is 5. The van der Waals surface area contributed by atoms with Gasteiger partial charge in [-0.05, 0) is 57.4 Å². The van der Waals surface area contributed by atoms with Crippen molar-refractivity contribution in [2.75, 3.05) is 11.9 Å². The van der Waals surface area contributed by atoms with Gasteiger partial charge in [-0.15, -0.1) is 0 Å². The maximum Gasteiger partial charge on any atom is 0.248 e. The van der Waals surface area contributed by atoms with Gasteiger partial charge in [0.05, 0.1) is 11.1 Å². The number of nitrogens with two attached hydrogens (primary N) is 1. The number of thiazole rings is 1. The van der Waals surface area contributed by atoms with Crippen molar-refractivity contribution in [1.29, 1.82) is 0 Å². The molecule has 33 heavy (non-hydrogen) atoms. The van der Waals surface area contributed by atoms with E-state index in [-0.39, 0.29) is 11.1 Å². The van der Waals surface area contributed by atoms with Crippen LogP contribution in [0.25, 0.3) is 11.3 Å². The molecule has 0 spiro atoms. The van der Waals surface area contributed by atoms with Crippen molar-refractivity contribution in [2.24, 2.45) is 11.7 Å². The Morgan fingerprint density at radius 3 is 2.58 bits per heavy atom. The van der Waals surface area contributed by atoms with Crippen LogP contribution in [0.1, 0.15) is 47.5 Å². The van der Waals surface area contributed by atoms with Gasteiger partial charge in [0.2, 0.25) is 11.8 Å². The van der Waals surface area contributed by atoms with E-state index in [2.05, 4.69) is 15.6 Å². The number of aromatic nitrogens is 1. The minimum atomic E-state index is -1.25. The summed E-state index contributed by atoms with van der Waals surface area (Å²) in [4.78, 5) is 30.5. The van der Waals surface area contributed by atoms with Gasteiger partial charge in [0.25, 0.3) is 0 Å². The molecule has 8 heteroatoms. The molecule has 2 amide bonds. The van der Waals surface area contributed by atoms with Gasteiger partial charge >= 0.3 is 0 Å². The van der Waals surface area contributed by atoms with Crippen LogP contribution < -0.4 is 16.4 Å². The summed E-state index contributed by atoms with van der Waals surface area (Å²) >= 11 is 1.40. The predicted molar refractivity (Wildman–Crippen MR) is 129 cm³/mol. The maximum atomic E-state index is 14.6. The summed E-state index contributed by atoms with van der Waals surface area (Å²) in [6.07, 6.45) is 2.54. The lowest BCUT2D eigenvalue weighted by Crippen LogP contribution is -2.36. The molecule has 1 aliphatic carbocycles. The Kier molecular flexibility index (Phi) is 6.58. The van der Waals surface area contributed by atoms with Crippen molar-refractivity contribution < 1.29 is 14.0 Å². The highest BCUT2D eigenvalue weighted by Gasteiger charge is 2.34. The number of anilines is 1. The van der Waals surface area contributed by atoms with Crippen LogP contribution in [0.15, 0.2) is 48.5 Å². The number of rotatable bonds is 9. The zero-order valence-corrected chi connectivity index (χ0v) is 19.5. The predicted octanol–water partition coefficient (Wildman–Crippen LogP) is 4.46. The summed E-state index contributed by atoms with van der Waals surface area (Å²) in [6, 6.07) is 13.6. The van der Waals surface area contributed by atoms with Crippen LogP contribution in [0, 0.1) is 11.7 Å². The number of carbonyl (C=O) groups is 2. The highest BCUT2D eigenvalue weighted by molar-refractivity contribution is 7.16. The Hall–Kier alpha value is -3.10. The Balaban J connectivity index is 1.58. The largest absolute Gasteiger partial charge is 0.366 e. The van der Waals surface area contributed by atoms with Crippen LogP contribution in [0.5, 0.6) is 0 Å². The topological polar surface area (TPSA) is 97.1 Å². The van der Waals surface area contributed by atoms with Crippen LogP contribution in [-0.4, -0.2) is 23.3 Å². The second-order valence-electron chi connectivity index (χ2n) is 8.87. The number of nitrogens with zero attached hydrogens (tertiary/aromatic N) is 1. The Labute approximate surface area is 196 Å². The molecule has 4 rings (SSSR count). The fraction of sp³-hybridized carbons (Fsp3) is 0.320. The fourth-order valence-corrected chi connectivity index (χ4v) is 4.54. The number of carbonyl (C=O) groups excluding carboxylic acids is 2. The molecule has 4 N–H and O–H groups in total. The second kappa shape index (κ2) is 9.41. The van der Waals surface area contributed by atoms with Crippen LogP contribution in [0.3, 0.4) is 0 Å². The monoisotopic (exact) mass is 466 g/mol. The third kappa shape index (κ3) is 5.29. The molecular formula is C25H27FN4O2S. The van der Waals surface area contributed by atoms with Gasteiger partial charge in [-0.1, -0.05) is 41.7 Å². The molecule has 0 radical (unpaired) electrons. The molecule has 1 aliphatic rings. The van der Waals surface area contributed by atoms with Gasteiger partial charge < -0.3 is 16.4 Å². The minimum Gasteiger partial charge on any atom is -0.366 e. The van der Waals surface area contributed by atoms with Crippen molar-refractivity contribution >= 4 is 28.3 Å². The van der Waals surface area contributed by atoms with Crippen molar-refractivity contribution in [3.63, 3.8) is 0 Å². The Morgan fingerprint density at radius 1 is 1.18 bits per heavy atom. The molecule has 0 bridgehead atoms. The molecule has 0 aliphatic heterocycles. The van der Waals surface area contributed by atoms with E-state index in [4.69, 9.17) is 5.73 Å². The number of primary amides is 1. The highest BCUT2D eigenvalue weighted by Crippen LogP contribution is 2.34. The van der Waals surface area contributed by atoms with Crippen molar-refractivity contribution in [3.8, 4) is 11.3 Å². The molecule has 172 valence electrons. The zero-order chi connectivity index (χ0) is 23.6. The standard InChI is InChI=1S/C25H27FN4O2S/c1-25(2,18-12-17(22(27)31)10-11-19(18)26)23(32)30-24-29-21(16-6-4-3-5-7-16)20(33-24)14-28-13-15-8-9-15/h3-7,10-12,15,28H,8-9,13-14H2,1-2H3,(H2,27,31)(H,29,30,32). The SMILES string of the molecule is CC(C)(C(=O)Nc1nc(-c2ccccc2)c(CNCC2CC2)s1)c1cc(C(N)=O)ccc1F. The molecule has 3 aromatic rings. The first-order valence-electron chi connectivity index (χ1n) is 10.9. The van der Waals surface area contributed by atoms with Crippen molar-refractivity contribution in [2.45, 2.75) is 38.6 Å². The summed E-state index contributed by atoms with van der Waals surface area (Å²) in [5, 5.41) is 6.79. The molecule has 1 aromatic heterocycles. The summed E-state index contributed by atoms with van der Waals surface area (Å²) in [7, 11) is 0.